The fourth-order valence-corrected chi connectivity index (χ4v) is 2.40. The van der Waals surface area contributed by atoms with Crippen LogP contribution < -0.4 is 5.32 Å². The van der Waals surface area contributed by atoms with E-state index in [0.29, 0.717) is 5.69 Å². The van der Waals surface area contributed by atoms with Crippen LogP contribution in [0.1, 0.15) is 20.8 Å². The van der Waals surface area contributed by atoms with Gasteiger partial charge in [0.1, 0.15) is 5.82 Å². The van der Waals surface area contributed by atoms with Gasteiger partial charge in [-0.3, -0.25) is 14.9 Å². The Balaban J connectivity index is 2.02. The molecule has 3 N–H and O–H groups in total. The predicted molar refractivity (Wildman–Crippen MR) is 88.2 cm³/mol. The average Bonchev–Trinajstić information content (AvgIpc) is 2.99. The molecule has 0 aliphatic carbocycles. The summed E-state index contributed by atoms with van der Waals surface area (Å²) >= 11 is 6.00. The number of aromatic nitrogens is 3. The van der Waals surface area contributed by atoms with Crippen LogP contribution in [0.3, 0.4) is 0 Å². The first kappa shape index (κ1) is 15.7. The third-order valence-corrected chi connectivity index (χ3v) is 3.58. The van der Waals surface area contributed by atoms with Crippen molar-refractivity contribution in [3.63, 3.8) is 0 Å². The number of pyridine rings is 1. The second kappa shape index (κ2) is 6.51. The number of hydrogen-bond donors (Lipinski definition) is 3. The number of hydrogen-bond acceptors (Lipinski definition) is 4. The van der Waals surface area contributed by atoms with Crippen LogP contribution in [0, 0.1) is 0 Å². The van der Waals surface area contributed by atoms with Gasteiger partial charge in [-0.05, 0) is 24.3 Å². The van der Waals surface area contributed by atoms with E-state index in [1.807, 2.05) is 0 Å². The summed E-state index contributed by atoms with van der Waals surface area (Å²) in [5.74, 6) is -1.58. The highest BCUT2D eigenvalue weighted by Gasteiger charge is 2.23. The largest absolute Gasteiger partial charge is 0.476 e. The number of benzene rings is 1. The highest BCUT2D eigenvalue weighted by Crippen LogP contribution is 2.29. The maximum Gasteiger partial charge on any atom is 0.357 e. The number of nitrogens with zero attached hydrogens (tertiary/aromatic N) is 2. The zero-order chi connectivity index (χ0) is 17.1. The van der Waals surface area contributed by atoms with Crippen LogP contribution in [0.25, 0.3) is 11.3 Å². The first-order valence-electron chi connectivity index (χ1n) is 6.87. The molecule has 0 radical (unpaired) electrons. The fraction of sp³-hybridized carbons (Fsp3) is 0. The van der Waals surface area contributed by atoms with Crippen LogP contribution in [0.2, 0.25) is 5.02 Å². The minimum absolute atomic E-state index is 0.135. The van der Waals surface area contributed by atoms with Crippen molar-refractivity contribution in [2.45, 2.75) is 0 Å². The first-order chi connectivity index (χ1) is 11.6. The normalized spacial score (nSPS) is 10.4. The van der Waals surface area contributed by atoms with Gasteiger partial charge in [-0.15, -0.1) is 0 Å². The number of H-pyrrole nitrogens is 1. The predicted octanol–water partition coefficient (Wildman–Crippen LogP) is 3.08. The number of rotatable bonds is 4. The molecule has 2 heterocycles. The number of carbonyl (C=O) groups excluding carboxylic acids is 1. The summed E-state index contributed by atoms with van der Waals surface area (Å²) in [7, 11) is 0. The number of amides is 1. The van der Waals surface area contributed by atoms with Crippen molar-refractivity contribution in [2.75, 3.05) is 5.32 Å². The van der Waals surface area contributed by atoms with Crippen molar-refractivity contribution in [3.05, 3.63) is 64.9 Å². The zero-order valence-electron chi connectivity index (χ0n) is 12.2. The van der Waals surface area contributed by atoms with Gasteiger partial charge < -0.3 is 10.4 Å². The summed E-state index contributed by atoms with van der Waals surface area (Å²) in [6.45, 7) is 0. The van der Waals surface area contributed by atoms with Crippen molar-refractivity contribution in [3.8, 4) is 11.3 Å². The van der Waals surface area contributed by atoms with Gasteiger partial charge in [0.25, 0.3) is 5.91 Å². The average molecular weight is 343 g/mol. The molecular weight excluding hydrogens is 332 g/mol. The van der Waals surface area contributed by atoms with Crippen molar-refractivity contribution < 1.29 is 14.7 Å². The molecule has 120 valence electrons. The lowest BCUT2D eigenvalue weighted by atomic mass is 10.1. The van der Waals surface area contributed by atoms with Crippen molar-refractivity contribution in [1.82, 2.24) is 15.2 Å². The molecular formula is C16H11ClN4O3. The summed E-state index contributed by atoms with van der Waals surface area (Å²) in [5.41, 5.74) is 0.599. The van der Waals surface area contributed by atoms with E-state index < -0.39 is 11.9 Å². The van der Waals surface area contributed by atoms with Crippen LogP contribution >= 0.6 is 11.6 Å². The molecule has 0 spiro atoms. The monoisotopic (exact) mass is 342 g/mol. The Bertz CT molecular complexity index is 909. The lowest BCUT2D eigenvalue weighted by Crippen LogP contribution is -2.13. The van der Waals surface area contributed by atoms with Crippen LogP contribution in [0.4, 0.5) is 5.82 Å². The van der Waals surface area contributed by atoms with E-state index in [0.717, 1.165) is 0 Å². The second-order valence-electron chi connectivity index (χ2n) is 4.78. The molecule has 0 saturated carbocycles. The van der Waals surface area contributed by atoms with Gasteiger partial charge in [0.05, 0.1) is 21.8 Å². The van der Waals surface area contributed by atoms with Gasteiger partial charge in [-0.1, -0.05) is 29.8 Å². The Hall–Kier alpha value is -3.19. The van der Waals surface area contributed by atoms with Crippen LogP contribution in [0.5, 0.6) is 0 Å². The Kier molecular flexibility index (Phi) is 4.26. The number of nitrogens with one attached hydrogen (secondary N) is 2. The molecule has 0 aliphatic rings. The van der Waals surface area contributed by atoms with E-state index in [2.05, 4.69) is 20.5 Å². The minimum atomic E-state index is -1.23. The molecule has 3 rings (SSSR count). The van der Waals surface area contributed by atoms with Crippen LogP contribution in [-0.2, 0) is 0 Å². The van der Waals surface area contributed by atoms with Gasteiger partial charge in [0, 0.05) is 6.20 Å². The topological polar surface area (TPSA) is 108 Å². The van der Waals surface area contributed by atoms with Gasteiger partial charge in [0.2, 0.25) is 0 Å². The molecule has 0 bridgehead atoms. The number of carbonyl (C=O) groups is 2. The lowest BCUT2D eigenvalue weighted by Gasteiger charge is -2.07. The van der Waals surface area contributed by atoms with E-state index in [-0.39, 0.29) is 27.7 Å². The molecule has 0 fully saturated rings. The Morgan fingerprint density at radius 3 is 2.54 bits per heavy atom. The number of anilines is 1. The molecule has 0 saturated heterocycles. The molecule has 0 atom stereocenters. The zero-order valence-corrected chi connectivity index (χ0v) is 12.9. The standard InChI is InChI=1S/C16H11ClN4O3/c17-10-6-2-1-5-9(10)15(22)19-14-12(11-7-3-4-8-18-11)13(16(23)24)20-21-14/h1-8H,(H,23,24)(H2,19,20,21,22). The van der Waals surface area contributed by atoms with Gasteiger partial charge in [-0.25, -0.2) is 4.79 Å². The number of aromatic carboxylic acids is 1. The van der Waals surface area contributed by atoms with Crippen molar-refractivity contribution in [1.29, 1.82) is 0 Å². The molecule has 7 nitrogen and oxygen atoms in total. The van der Waals surface area contributed by atoms with Crippen LogP contribution in [-0.4, -0.2) is 32.2 Å². The molecule has 24 heavy (non-hydrogen) atoms. The Labute approximate surface area is 141 Å². The molecule has 0 aliphatic heterocycles. The number of halogens is 1. The molecule has 2 aromatic heterocycles. The number of aromatic amines is 1. The van der Waals surface area contributed by atoms with Crippen molar-refractivity contribution in [2.24, 2.45) is 0 Å². The number of carboxylic acid groups (broad SMARTS) is 1. The molecule has 1 amide bonds. The van der Waals surface area contributed by atoms with E-state index in [9.17, 15) is 14.7 Å². The maximum absolute atomic E-state index is 12.4. The Morgan fingerprint density at radius 2 is 1.88 bits per heavy atom. The van der Waals surface area contributed by atoms with Crippen LogP contribution in [0.15, 0.2) is 48.7 Å². The smallest absolute Gasteiger partial charge is 0.357 e. The molecule has 0 unspecified atom stereocenters. The van der Waals surface area contributed by atoms with Crippen molar-refractivity contribution >= 4 is 29.3 Å². The van der Waals surface area contributed by atoms with E-state index in [1.54, 1.807) is 42.5 Å². The second-order valence-corrected chi connectivity index (χ2v) is 5.18. The van der Waals surface area contributed by atoms with E-state index >= 15 is 0 Å². The summed E-state index contributed by atoms with van der Waals surface area (Å²) < 4.78 is 0. The van der Waals surface area contributed by atoms with Gasteiger partial charge in [-0.2, -0.15) is 5.10 Å². The Morgan fingerprint density at radius 1 is 1.12 bits per heavy atom. The summed E-state index contributed by atoms with van der Waals surface area (Å²) in [6.07, 6.45) is 1.52. The maximum atomic E-state index is 12.4. The number of carboxylic acids is 1. The molecule has 1 aromatic carbocycles. The highest BCUT2D eigenvalue weighted by molar-refractivity contribution is 6.34. The molecule has 8 heteroatoms. The molecule has 3 aromatic rings. The third-order valence-electron chi connectivity index (χ3n) is 3.25. The first-order valence-corrected chi connectivity index (χ1v) is 7.24. The summed E-state index contributed by atoms with van der Waals surface area (Å²) in [4.78, 5) is 27.9. The minimum Gasteiger partial charge on any atom is -0.476 e. The lowest BCUT2D eigenvalue weighted by molar-refractivity contribution is 0.0691. The van der Waals surface area contributed by atoms with Gasteiger partial charge in [0.15, 0.2) is 5.69 Å². The SMILES string of the molecule is O=C(Nc1[nH]nc(C(=O)O)c1-c1ccccn1)c1ccccc1Cl. The quantitative estimate of drug-likeness (QED) is 0.675. The summed E-state index contributed by atoms with van der Waals surface area (Å²) in [5, 5.41) is 18.5. The van der Waals surface area contributed by atoms with E-state index in [4.69, 9.17) is 11.6 Å². The highest BCUT2D eigenvalue weighted by atomic mass is 35.5. The van der Waals surface area contributed by atoms with Gasteiger partial charge >= 0.3 is 5.97 Å². The van der Waals surface area contributed by atoms with E-state index in [1.165, 1.54) is 6.20 Å². The summed E-state index contributed by atoms with van der Waals surface area (Å²) in [6, 6.07) is 11.6. The fourth-order valence-electron chi connectivity index (χ4n) is 2.17. The third kappa shape index (κ3) is 2.97.